The van der Waals surface area contributed by atoms with Crippen molar-refractivity contribution in [2.75, 3.05) is 13.2 Å². The van der Waals surface area contributed by atoms with E-state index < -0.39 is 0 Å². The van der Waals surface area contributed by atoms with Crippen LogP contribution in [0.15, 0.2) is 24.3 Å². The standard InChI is InChI=1S/C14H20N2O/c1-12(11-17)5-4-8-16-10-14-7-3-2-6-13(14)9-15/h2-3,6-7,12,16-17H,4-5,8,10-11H2,1H3. The lowest BCUT2D eigenvalue weighted by Gasteiger charge is -2.09. The maximum Gasteiger partial charge on any atom is 0.0995 e. The molecule has 17 heavy (non-hydrogen) atoms. The summed E-state index contributed by atoms with van der Waals surface area (Å²) >= 11 is 0. The van der Waals surface area contributed by atoms with Crippen LogP contribution in [0.1, 0.15) is 30.9 Å². The molecular weight excluding hydrogens is 212 g/mol. The van der Waals surface area contributed by atoms with Crippen molar-refractivity contribution in [3.63, 3.8) is 0 Å². The van der Waals surface area contributed by atoms with E-state index in [1.54, 1.807) is 0 Å². The molecule has 1 aromatic rings. The van der Waals surface area contributed by atoms with Gasteiger partial charge in [-0.15, -0.1) is 0 Å². The summed E-state index contributed by atoms with van der Waals surface area (Å²) in [6.45, 7) is 3.96. The molecule has 0 saturated heterocycles. The summed E-state index contributed by atoms with van der Waals surface area (Å²) in [6, 6.07) is 9.83. The van der Waals surface area contributed by atoms with Crippen molar-refractivity contribution >= 4 is 0 Å². The zero-order valence-electron chi connectivity index (χ0n) is 10.3. The van der Waals surface area contributed by atoms with E-state index in [0.717, 1.165) is 37.1 Å². The highest BCUT2D eigenvalue weighted by atomic mass is 16.3. The minimum Gasteiger partial charge on any atom is -0.396 e. The predicted octanol–water partition coefficient (Wildman–Crippen LogP) is 2.06. The molecule has 0 aromatic heterocycles. The number of nitrogens with one attached hydrogen (secondary N) is 1. The first-order valence-electron chi connectivity index (χ1n) is 6.07. The van der Waals surface area contributed by atoms with Crippen LogP contribution in [-0.4, -0.2) is 18.3 Å². The molecule has 3 heteroatoms. The van der Waals surface area contributed by atoms with Crippen molar-refractivity contribution in [2.45, 2.75) is 26.3 Å². The zero-order chi connectivity index (χ0) is 12.5. The topological polar surface area (TPSA) is 56.0 Å². The second kappa shape index (κ2) is 7.83. The number of nitrogens with zero attached hydrogens (tertiary/aromatic N) is 1. The highest BCUT2D eigenvalue weighted by Crippen LogP contribution is 2.07. The van der Waals surface area contributed by atoms with Crippen LogP contribution in [0.4, 0.5) is 0 Å². The Hall–Kier alpha value is -1.37. The summed E-state index contributed by atoms with van der Waals surface area (Å²) in [5.41, 5.74) is 1.79. The van der Waals surface area contributed by atoms with Gasteiger partial charge < -0.3 is 10.4 Å². The third-order valence-electron chi connectivity index (χ3n) is 2.82. The summed E-state index contributed by atoms with van der Waals surface area (Å²) in [6.07, 6.45) is 2.08. The van der Waals surface area contributed by atoms with E-state index >= 15 is 0 Å². The minimum atomic E-state index is 0.261. The molecule has 1 unspecified atom stereocenters. The van der Waals surface area contributed by atoms with Crippen LogP contribution >= 0.6 is 0 Å². The quantitative estimate of drug-likeness (QED) is 0.707. The summed E-state index contributed by atoms with van der Waals surface area (Å²) in [5, 5.41) is 21.1. The second-order valence-corrected chi connectivity index (χ2v) is 4.38. The van der Waals surface area contributed by atoms with Gasteiger partial charge in [0.15, 0.2) is 0 Å². The van der Waals surface area contributed by atoms with Gasteiger partial charge in [-0.3, -0.25) is 0 Å². The number of hydrogen-bond acceptors (Lipinski definition) is 3. The Kier molecular flexibility index (Phi) is 6.31. The maximum atomic E-state index is 8.92. The van der Waals surface area contributed by atoms with E-state index in [9.17, 15) is 0 Å². The Labute approximate surface area is 103 Å². The van der Waals surface area contributed by atoms with Crippen molar-refractivity contribution in [1.82, 2.24) is 5.32 Å². The molecule has 92 valence electrons. The Bertz CT molecular complexity index is 371. The van der Waals surface area contributed by atoms with Gasteiger partial charge in [0.25, 0.3) is 0 Å². The fraction of sp³-hybridized carbons (Fsp3) is 0.500. The fourth-order valence-electron chi connectivity index (χ4n) is 1.67. The average Bonchev–Trinajstić information content (AvgIpc) is 2.38. The molecule has 2 N–H and O–H groups in total. The fourth-order valence-corrected chi connectivity index (χ4v) is 1.67. The van der Waals surface area contributed by atoms with Crippen LogP contribution in [0.25, 0.3) is 0 Å². The molecule has 0 aliphatic carbocycles. The van der Waals surface area contributed by atoms with Crippen LogP contribution in [0, 0.1) is 17.2 Å². The lowest BCUT2D eigenvalue weighted by Crippen LogP contribution is -2.16. The van der Waals surface area contributed by atoms with E-state index in [0.29, 0.717) is 5.92 Å². The summed E-state index contributed by atoms with van der Waals surface area (Å²) < 4.78 is 0. The van der Waals surface area contributed by atoms with Crippen LogP contribution < -0.4 is 5.32 Å². The number of aliphatic hydroxyl groups excluding tert-OH is 1. The lowest BCUT2D eigenvalue weighted by atomic mass is 10.1. The van der Waals surface area contributed by atoms with Gasteiger partial charge in [0.05, 0.1) is 11.6 Å². The first-order chi connectivity index (χ1) is 8.27. The molecule has 1 atom stereocenters. The van der Waals surface area contributed by atoms with Crippen LogP contribution in [0.2, 0.25) is 0 Å². The first-order valence-corrected chi connectivity index (χ1v) is 6.07. The average molecular weight is 232 g/mol. The predicted molar refractivity (Wildman–Crippen MR) is 68.3 cm³/mol. The molecule has 1 aromatic carbocycles. The van der Waals surface area contributed by atoms with E-state index in [4.69, 9.17) is 10.4 Å². The van der Waals surface area contributed by atoms with E-state index in [2.05, 4.69) is 11.4 Å². The molecule has 0 aliphatic heterocycles. The Balaban J connectivity index is 2.25. The highest BCUT2D eigenvalue weighted by molar-refractivity contribution is 5.37. The van der Waals surface area contributed by atoms with Gasteiger partial charge in [-0.2, -0.15) is 5.26 Å². The van der Waals surface area contributed by atoms with Crippen molar-refractivity contribution in [3.8, 4) is 6.07 Å². The van der Waals surface area contributed by atoms with E-state index in [1.165, 1.54) is 0 Å². The highest BCUT2D eigenvalue weighted by Gasteiger charge is 2.01. The normalized spacial score (nSPS) is 12.1. The molecule has 3 nitrogen and oxygen atoms in total. The third kappa shape index (κ3) is 4.99. The van der Waals surface area contributed by atoms with E-state index in [1.807, 2.05) is 31.2 Å². The third-order valence-corrected chi connectivity index (χ3v) is 2.82. The smallest absolute Gasteiger partial charge is 0.0995 e. The van der Waals surface area contributed by atoms with Gasteiger partial charge >= 0.3 is 0 Å². The molecule has 0 radical (unpaired) electrons. The monoisotopic (exact) mass is 232 g/mol. The van der Waals surface area contributed by atoms with Crippen molar-refractivity contribution in [3.05, 3.63) is 35.4 Å². The maximum absolute atomic E-state index is 8.92. The number of benzene rings is 1. The van der Waals surface area contributed by atoms with Gasteiger partial charge in [0.2, 0.25) is 0 Å². The van der Waals surface area contributed by atoms with Crippen LogP contribution in [-0.2, 0) is 6.54 Å². The Morgan fingerprint density at radius 3 is 2.88 bits per heavy atom. The summed E-state index contributed by atoms with van der Waals surface area (Å²) in [4.78, 5) is 0. The van der Waals surface area contributed by atoms with Gasteiger partial charge in [-0.1, -0.05) is 25.1 Å². The molecule has 0 fully saturated rings. The summed E-state index contributed by atoms with van der Waals surface area (Å²) in [5.74, 6) is 0.378. The SMILES string of the molecule is CC(CO)CCCNCc1ccccc1C#N. The lowest BCUT2D eigenvalue weighted by molar-refractivity contribution is 0.228. The molecule has 0 amide bonds. The van der Waals surface area contributed by atoms with Crippen molar-refractivity contribution < 1.29 is 5.11 Å². The van der Waals surface area contributed by atoms with Crippen LogP contribution in [0.5, 0.6) is 0 Å². The number of aliphatic hydroxyl groups is 1. The van der Waals surface area contributed by atoms with Gasteiger partial charge in [0, 0.05) is 13.2 Å². The molecule has 0 aliphatic rings. The Morgan fingerprint density at radius 1 is 1.41 bits per heavy atom. The molecule has 1 rings (SSSR count). The second-order valence-electron chi connectivity index (χ2n) is 4.38. The molecule has 0 bridgehead atoms. The largest absolute Gasteiger partial charge is 0.396 e. The number of nitriles is 1. The minimum absolute atomic E-state index is 0.261. The Morgan fingerprint density at radius 2 is 2.18 bits per heavy atom. The number of rotatable bonds is 7. The van der Waals surface area contributed by atoms with Gasteiger partial charge in [-0.25, -0.2) is 0 Å². The van der Waals surface area contributed by atoms with E-state index in [-0.39, 0.29) is 6.61 Å². The molecule has 0 spiro atoms. The molecular formula is C14H20N2O. The summed E-state index contributed by atoms with van der Waals surface area (Å²) in [7, 11) is 0. The van der Waals surface area contributed by atoms with Gasteiger partial charge in [-0.05, 0) is 36.9 Å². The molecule has 0 saturated carbocycles. The van der Waals surface area contributed by atoms with Crippen molar-refractivity contribution in [1.29, 1.82) is 5.26 Å². The first kappa shape index (κ1) is 13.7. The van der Waals surface area contributed by atoms with Crippen molar-refractivity contribution in [2.24, 2.45) is 5.92 Å². The molecule has 0 heterocycles. The zero-order valence-corrected chi connectivity index (χ0v) is 10.3. The van der Waals surface area contributed by atoms with Crippen LogP contribution in [0.3, 0.4) is 0 Å². The number of hydrogen-bond donors (Lipinski definition) is 2. The van der Waals surface area contributed by atoms with Gasteiger partial charge in [0.1, 0.15) is 0 Å².